The number of carbonyl (C=O) groups is 2. The van der Waals surface area contributed by atoms with Gasteiger partial charge in [0.15, 0.2) is 5.69 Å². The molecule has 2 aromatic heterocycles. The zero-order chi connectivity index (χ0) is 22.0. The molecule has 3 N–H and O–H groups in total. The number of rotatable bonds is 5. The fraction of sp³-hybridized carbons (Fsp3) is 0. The molecule has 2 heterocycles. The number of nitrogens with one attached hydrogen (secondary N) is 1. The molecule has 0 radical (unpaired) electrons. The van der Waals surface area contributed by atoms with E-state index in [1.54, 1.807) is 30.3 Å². The highest BCUT2D eigenvalue weighted by Crippen LogP contribution is 2.27. The number of primary amides is 1. The summed E-state index contributed by atoms with van der Waals surface area (Å²) in [5, 5.41) is 7.02. The Morgan fingerprint density at radius 3 is 2.52 bits per heavy atom. The molecule has 0 saturated carbocycles. The Kier molecular flexibility index (Phi) is 5.46. The monoisotopic (exact) mass is 435 g/mol. The van der Waals surface area contributed by atoms with Crippen LogP contribution in [0.3, 0.4) is 0 Å². The van der Waals surface area contributed by atoms with E-state index in [2.05, 4.69) is 15.4 Å². The number of carbonyl (C=O) groups excluding carboxylic acids is 2. The largest absolute Gasteiger partial charge is 0.364 e. The number of hydrogen-bond donors (Lipinski definition) is 2. The van der Waals surface area contributed by atoms with Crippen LogP contribution in [0, 0.1) is 5.82 Å². The molecule has 9 heteroatoms. The molecule has 4 rings (SSSR count). The molecule has 154 valence electrons. The van der Waals surface area contributed by atoms with E-state index in [1.165, 1.54) is 41.2 Å². The number of hydrogen-bond acceptors (Lipinski definition) is 4. The van der Waals surface area contributed by atoms with Gasteiger partial charge in [0.2, 0.25) is 0 Å². The molecule has 0 fully saturated rings. The van der Waals surface area contributed by atoms with Crippen molar-refractivity contribution in [1.29, 1.82) is 0 Å². The topological polar surface area (TPSA) is 103 Å². The SMILES string of the molecule is NC(=O)c1cc(NC(=O)c2cc(-c3ncccc3F)ccc2Cl)n(-c2ccccc2)n1. The molecule has 0 spiro atoms. The molecule has 31 heavy (non-hydrogen) atoms. The summed E-state index contributed by atoms with van der Waals surface area (Å²) in [6, 6.07) is 17.5. The molecule has 0 bridgehead atoms. The summed E-state index contributed by atoms with van der Waals surface area (Å²) < 4.78 is 15.5. The van der Waals surface area contributed by atoms with Crippen molar-refractivity contribution in [3.63, 3.8) is 0 Å². The maximum atomic E-state index is 14.1. The van der Waals surface area contributed by atoms with Gasteiger partial charge in [-0.05, 0) is 36.4 Å². The second-order valence-electron chi connectivity index (χ2n) is 6.51. The van der Waals surface area contributed by atoms with E-state index in [9.17, 15) is 14.0 Å². The van der Waals surface area contributed by atoms with Gasteiger partial charge in [-0.15, -0.1) is 0 Å². The Balaban J connectivity index is 1.72. The first-order chi connectivity index (χ1) is 14.9. The van der Waals surface area contributed by atoms with E-state index in [-0.39, 0.29) is 27.8 Å². The third-order valence-electron chi connectivity index (χ3n) is 4.45. The van der Waals surface area contributed by atoms with Crippen LogP contribution in [0.1, 0.15) is 20.8 Å². The third-order valence-corrected chi connectivity index (χ3v) is 4.78. The number of pyridine rings is 1. The third kappa shape index (κ3) is 4.15. The van der Waals surface area contributed by atoms with Crippen molar-refractivity contribution in [2.75, 3.05) is 5.32 Å². The number of amides is 2. The number of benzene rings is 2. The average Bonchev–Trinajstić information content (AvgIpc) is 3.19. The van der Waals surface area contributed by atoms with Crippen LogP contribution in [0.15, 0.2) is 72.9 Å². The minimum absolute atomic E-state index is 0.0189. The molecule has 4 aromatic rings. The fourth-order valence-corrected chi connectivity index (χ4v) is 3.19. The van der Waals surface area contributed by atoms with E-state index in [4.69, 9.17) is 17.3 Å². The van der Waals surface area contributed by atoms with Gasteiger partial charge in [-0.25, -0.2) is 9.07 Å². The standard InChI is InChI=1S/C22H15ClFN5O2/c23-16-9-8-13(20-17(24)7-4-10-26-20)11-15(16)22(31)27-19-12-18(21(25)30)28-29(19)14-5-2-1-3-6-14/h1-12H,(H2,25,30)(H,27,31). The van der Waals surface area contributed by atoms with Crippen molar-refractivity contribution in [3.8, 4) is 16.9 Å². The second kappa shape index (κ2) is 8.37. The van der Waals surface area contributed by atoms with Gasteiger partial charge in [0, 0.05) is 17.8 Å². The minimum Gasteiger partial charge on any atom is -0.364 e. The molecule has 0 aliphatic carbocycles. The molecular weight excluding hydrogens is 421 g/mol. The number of nitrogens with zero attached hydrogens (tertiary/aromatic N) is 3. The lowest BCUT2D eigenvalue weighted by Gasteiger charge is -2.11. The number of nitrogens with two attached hydrogens (primary N) is 1. The molecule has 2 amide bonds. The first-order valence-corrected chi connectivity index (χ1v) is 9.49. The minimum atomic E-state index is -0.740. The fourth-order valence-electron chi connectivity index (χ4n) is 2.98. The van der Waals surface area contributed by atoms with Gasteiger partial charge < -0.3 is 11.1 Å². The number of para-hydroxylation sites is 1. The van der Waals surface area contributed by atoms with Crippen LogP contribution in [0.5, 0.6) is 0 Å². The van der Waals surface area contributed by atoms with E-state index < -0.39 is 17.6 Å². The van der Waals surface area contributed by atoms with Crippen molar-refractivity contribution < 1.29 is 14.0 Å². The Morgan fingerprint density at radius 1 is 1.03 bits per heavy atom. The van der Waals surface area contributed by atoms with Crippen LogP contribution >= 0.6 is 11.6 Å². The van der Waals surface area contributed by atoms with Crippen LogP contribution < -0.4 is 11.1 Å². The summed E-state index contributed by atoms with van der Waals surface area (Å²) >= 11 is 6.23. The van der Waals surface area contributed by atoms with E-state index in [0.29, 0.717) is 11.3 Å². The molecule has 0 atom stereocenters. The number of halogens is 2. The van der Waals surface area contributed by atoms with Crippen LogP contribution in [-0.2, 0) is 0 Å². The predicted octanol–water partition coefficient (Wildman–Crippen LogP) is 4.08. The zero-order valence-electron chi connectivity index (χ0n) is 15.9. The second-order valence-corrected chi connectivity index (χ2v) is 6.92. The first kappa shape index (κ1) is 20.2. The Bertz CT molecular complexity index is 1290. The zero-order valence-corrected chi connectivity index (χ0v) is 16.7. The highest BCUT2D eigenvalue weighted by molar-refractivity contribution is 6.34. The lowest BCUT2D eigenvalue weighted by Crippen LogP contribution is -2.16. The molecular formula is C22H15ClFN5O2. The first-order valence-electron chi connectivity index (χ1n) is 9.11. The lowest BCUT2D eigenvalue weighted by atomic mass is 10.1. The summed E-state index contributed by atoms with van der Waals surface area (Å²) in [6.07, 6.45) is 1.45. The Morgan fingerprint density at radius 2 is 1.81 bits per heavy atom. The normalized spacial score (nSPS) is 10.6. The summed E-state index contributed by atoms with van der Waals surface area (Å²) in [7, 11) is 0. The molecule has 0 aliphatic heterocycles. The van der Waals surface area contributed by atoms with E-state index in [1.807, 2.05) is 6.07 Å². The van der Waals surface area contributed by atoms with Gasteiger partial charge in [0.1, 0.15) is 17.3 Å². The van der Waals surface area contributed by atoms with Gasteiger partial charge in [0.25, 0.3) is 11.8 Å². The van der Waals surface area contributed by atoms with E-state index in [0.717, 1.165) is 0 Å². The van der Waals surface area contributed by atoms with Crippen LogP contribution in [0.2, 0.25) is 5.02 Å². The van der Waals surface area contributed by atoms with Gasteiger partial charge in [-0.1, -0.05) is 35.9 Å². The van der Waals surface area contributed by atoms with Gasteiger partial charge in [0.05, 0.1) is 16.3 Å². The van der Waals surface area contributed by atoms with Crippen molar-refractivity contribution in [1.82, 2.24) is 14.8 Å². The van der Waals surface area contributed by atoms with Crippen molar-refractivity contribution >= 4 is 29.2 Å². The Labute approximate surface area is 181 Å². The van der Waals surface area contributed by atoms with Gasteiger partial charge >= 0.3 is 0 Å². The van der Waals surface area contributed by atoms with Crippen molar-refractivity contribution in [2.24, 2.45) is 5.73 Å². The summed E-state index contributed by atoms with van der Waals surface area (Å²) in [5.41, 5.74) is 6.53. The van der Waals surface area contributed by atoms with Crippen LogP contribution in [0.4, 0.5) is 10.2 Å². The summed E-state index contributed by atoms with van der Waals surface area (Å²) in [6.45, 7) is 0. The molecule has 0 unspecified atom stereocenters. The van der Waals surface area contributed by atoms with Gasteiger partial charge in [-0.2, -0.15) is 5.10 Å². The summed E-state index contributed by atoms with van der Waals surface area (Å²) in [5.74, 6) is -1.62. The quantitative estimate of drug-likeness (QED) is 0.493. The number of anilines is 1. The van der Waals surface area contributed by atoms with Crippen LogP contribution in [-0.4, -0.2) is 26.6 Å². The highest BCUT2D eigenvalue weighted by atomic mass is 35.5. The predicted molar refractivity (Wildman–Crippen MR) is 115 cm³/mol. The molecule has 0 aliphatic rings. The molecule has 7 nitrogen and oxygen atoms in total. The lowest BCUT2D eigenvalue weighted by molar-refractivity contribution is 0.0992. The average molecular weight is 436 g/mol. The number of aromatic nitrogens is 3. The maximum Gasteiger partial charge on any atom is 0.269 e. The van der Waals surface area contributed by atoms with Crippen molar-refractivity contribution in [2.45, 2.75) is 0 Å². The summed E-state index contributed by atoms with van der Waals surface area (Å²) in [4.78, 5) is 28.6. The smallest absolute Gasteiger partial charge is 0.269 e. The van der Waals surface area contributed by atoms with Gasteiger partial charge in [-0.3, -0.25) is 14.6 Å². The van der Waals surface area contributed by atoms with E-state index >= 15 is 0 Å². The molecule has 2 aromatic carbocycles. The van der Waals surface area contributed by atoms with Crippen LogP contribution in [0.25, 0.3) is 16.9 Å². The van der Waals surface area contributed by atoms with Crippen molar-refractivity contribution in [3.05, 3.63) is 95.0 Å². The maximum absolute atomic E-state index is 14.1. The highest BCUT2D eigenvalue weighted by Gasteiger charge is 2.19. The molecule has 0 saturated heterocycles. The Hall–Kier alpha value is -4.04.